The lowest BCUT2D eigenvalue weighted by Crippen LogP contribution is -2.17. The van der Waals surface area contributed by atoms with Gasteiger partial charge in [0.1, 0.15) is 0 Å². The SMILES string of the molecule is CCCCC1OC(=O)OC1F. The highest BCUT2D eigenvalue weighted by Gasteiger charge is 2.35. The summed E-state index contributed by atoms with van der Waals surface area (Å²) in [6.45, 7) is 1.99. The van der Waals surface area contributed by atoms with Gasteiger partial charge in [-0.2, -0.15) is 4.39 Å². The van der Waals surface area contributed by atoms with E-state index in [0.29, 0.717) is 6.42 Å². The Balaban J connectivity index is 2.28. The number of ether oxygens (including phenoxy) is 2. The molecule has 2 atom stereocenters. The summed E-state index contributed by atoms with van der Waals surface area (Å²) in [7, 11) is 0. The highest BCUT2D eigenvalue weighted by molar-refractivity contribution is 5.62. The molecule has 1 heterocycles. The minimum Gasteiger partial charge on any atom is -0.424 e. The molecule has 4 heteroatoms. The molecule has 0 N–H and O–H groups in total. The van der Waals surface area contributed by atoms with Gasteiger partial charge in [0.2, 0.25) is 0 Å². The highest BCUT2D eigenvalue weighted by Crippen LogP contribution is 2.20. The molecule has 1 saturated heterocycles. The van der Waals surface area contributed by atoms with Crippen molar-refractivity contribution >= 4 is 6.16 Å². The van der Waals surface area contributed by atoms with Crippen molar-refractivity contribution in [3.05, 3.63) is 0 Å². The Morgan fingerprint density at radius 1 is 1.55 bits per heavy atom. The summed E-state index contributed by atoms with van der Waals surface area (Å²) in [5.74, 6) is 0. The fraction of sp³-hybridized carbons (Fsp3) is 0.857. The third-order valence-corrected chi connectivity index (χ3v) is 1.59. The maximum absolute atomic E-state index is 12.6. The van der Waals surface area contributed by atoms with Gasteiger partial charge >= 0.3 is 6.16 Å². The van der Waals surface area contributed by atoms with Crippen LogP contribution in [0.4, 0.5) is 9.18 Å². The van der Waals surface area contributed by atoms with Crippen molar-refractivity contribution in [2.45, 2.75) is 38.6 Å². The standard InChI is InChI=1S/C7H11FO3/c1-2-3-4-5-6(8)11-7(9)10-5/h5-6H,2-4H2,1H3. The van der Waals surface area contributed by atoms with E-state index in [1.54, 1.807) is 0 Å². The van der Waals surface area contributed by atoms with Gasteiger partial charge in [-0.25, -0.2) is 4.79 Å². The molecule has 0 aromatic heterocycles. The molecule has 1 fully saturated rings. The van der Waals surface area contributed by atoms with Crippen molar-refractivity contribution in [2.24, 2.45) is 0 Å². The molecule has 0 bridgehead atoms. The van der Waals surface area contributed by atoms with Gasteiger partial charge < -0.3 is 9.47 Å². The van der Waals surface area contributed by atoms with Gasteiger partial charge in [-0.3, -0.25) is 0 Å². The maximum Gasteiger partial charge on any atom is 0.511 e. The van der Waals surface area contributed by atoms with Crippen molar-refractivity contribution in [2.75, 3.05) is 0 Å². The number of cyclic esters (lactones) is 2. The van der Waals surface area contributed by atoms with E-state index in [9.17, 15) is 9.18 Å². The molecule has 11 heavy (non-hydrogen) atoms. The van der Waals surface area contributed by atoms with Crippen molar-refractivity contribution < 1.29 is 18.7 Å². The molecular formula is C7H11FO3. The van der Waals surface area contributed by atoms with Gasteiger partial charge in [0, 0.05) is 0 Å². The van der Waals surface area contributed by atoms with Crippen LogP contribution in [0.1, 0.15) is 26.2 Å². The van der Waals surface area contributed by atoms with Crippen molar-refractivity contribution in [3.8, 4) is 0 Å². The molecule has 2 unspecified atom stereocenters. The number of hydrogen-bond acceptors (Lipinski definition) is 3. The summed E-state index contributed by atoms with van der Waals surface area (Å²) >= 11 is 0. The van der Waals surface area contributed by atoms with Gasteiger partial charge in [0.25, 0.3) is 6.36 Å². The van der Waals surface area contributed by atoms with Crippen LogP contribution in [0.2, 0.25) is 0 Å². The van der Waals surface area contributed by atoms with Crippen LogP contribution in [0.3, 0.4) is 0 Å². The van der Waals surface area contributed by atoms with E-state index < -0.39 is 18.6 Å². The lowest BCUT2D eigenvalue weighted by atomic mass is 10.2. The van der Waals surface area contributed by atoms with E-state index in [-0.39, 0.29) is 0 Å². The summed E-state index contributed by atoms with van der Waals surface area (Å²) in [4.78, 5) is 10.3. The van der Waals surface area contributed by atoms with E-state index in [1.165, 1.54) is 0 Å². The average Bonchev–Trinajstić information content (AvgIpc) is 2.26. The summed E-state index contributed by atoms with van der Waals surface area (Å²) < 4.78 is 21.3. The Hall–Kier alpha value is -0.800. The molecule has 0 amide bonds. The Labute approximate surface area is 64.5 Å². The zero-order valence-electron chi connectivity index (χ0n) is 6.38. The molecule has 64 valence electrons. The lowest BCUT2D eigenvalue weighted by Gasteiger charge is -2.06. The van der Waals surface area contributed by atoms with Crippen LogP contribution in [0.15, 0.2) is 0 Å². The molecule has 0 aromatic rings. The molecule has 0 aromatic carbocycles. The highest BCUT2D eigenvalue weighted by atomic mass is 19.1. The summed E-state index contributed by atoms with van der Waals surface area (Å²) in [5, 5.41) is 0. The predicted molar refractivity (Wildman–Crippen MR) is 35.8 cm³/mol. The summed E-state index contributed by atoms with van der Waals surface area (Å²) in [5.41, 5.74) is 0. The molecular weight excluding hydrogens is 151 g/mol. The zero-order chi connectivity index (χ0) is 8.27. The van der Waals surface area contributed by atoms with Crippen LogP contribution in [0.25, 0.3) is 0 Å². The molecule has 0 saturated carbocycles. The van der Waals surface area contributed by atoms with Crippen molar-refractivity contribution in [1.29, 1.82) is 0 Å². The van der Waals surface area contributed by atoms with Gasteiger partial charge in [-0.1, -0.05) is 13.3 Å². The fourth-order valence-corrected chi connectivity index (χ4v) is 0.968. The minimum absolute atomic E-state index is 0.545. The van der Waals surface area contributed by atoms with Gasteiger partial charge in [-0.05, 0) is 12.8 Å². The normalized spacial score (nSPS) is 29.8. The van der Waals surface area contributed by atoms with E-state index in [1.807, 2.05) is 6.92 Å². The lowest BCUT2D eigenvalue weighted by molar-refractivity contribution is 0.0278. The first-order chi connectivity index (χ1) is 5.24. The van der Waals surface area contributed by atoms with Crippen LogP contribution < -0.4 is 0 Å². The molecule has 3 nitrogen and oxygen atoms in total. The smallest absolute Gasteiger partial charge is 0.424 e. The first kappa shape index (κ1) is 8.30. The molecule has 0 aliphatic carbocycles. The van der Waals surface area contributed by atoms with Crippen LogP contribution in [0.5, 0.6) is 0 Å². The Morgan fingerprint density at radius 3 is 2.73 bits per heavy atom. The largest absolute Gasteiger partial charge is 0.511 e. The number of halogens is 1. The minimum atomic E-state index is -1.56. The van der Waals surface area contributed by atoms with Crippen molar-refractivity contribution in [3.63, 3.8) is 0 Å². The molecule has 1 aliphatic heterocycles. The first-order valence-corrected chi connectivity index (χ1v) is 3.75. The number of alkyl halides is 1. The van der Waals surface area contributed by atoms with Crippen LogP contribution >= 0.6 is 0 Å². The second-order valence-corrected chi connectivity index (χ2v) is 2.52. The third kappa shape index (κ3) is 2.06. The fourth-order valence-electron chi connectivity index (χ4n) is 0.968. The molecule has 1 rings (SSSR count). The second-order valence-electron chi connectivity index (χ2n) is 2.52. The molecule has 1 aliphatic rings. The average molecular weight is 162 g/mol. The van der Waals surface area contributed by atoms with E-state index >= 15 is 0 Å². The van der Waals surface area contributed by atoms with Crippen LogP contribution in [0, 0.1) is 0 Å². The first-order valence-electron chi connectivity index (χ1n) is 3.75. The number of unbranched alkanes of at least 4 members (excludes halogenated alkanes) is 1. The van der Waals surface area contributed by atoms with Gasteiger partial charge in [0.05, 0.1) is 0 Å². The molecule has 0 radical (unpaired) electrons. The van der Waals surface area contributed by atoms with E-state index in [2.05, 4.69) is 9.47 Å². The topological polar surface area (TPSA) is 35.5 Å². The van der Waals surface area contributed by atoms with E-state index in [4.69, 9.17) is 0 Å². The Kier molecular flexibility index (Phi) is 2.68. The number of carbonyl (C=O) groups excluding carboxylic acids is 1. The number of carbonyl (C=O) groups is 1. The number of rotatable bonds is 3. The quantitative estimate of drug-likeness (QED) is 0.595. The maximum atomic E-state index is 12.6. The Morgan fingerprint density at radius 2 is 2.27 bits per heavy atom. The van der Waals surface area contributed by atoms with Gasteiger partial charge in [-0.15, -0.1) is 0 Å². The van der Waals surface area contributed by atoms with Crippen molar-refractivity contribution in [1.82, 2.24) is 0 Å². The molecule has 0 spiro atoms. The number of hydrogen-bond donors (Lipinski definition) is 0. The Bertz CT molecular complexity index is 149. The summed E-state index contributed by atoms with van der Waals surface area (Å²) in [6, 6.07) is 0. The summed E-state index contributed by atoms with van der Waals surface area (Å²) in [6.07, 6.45) is -0.776. The third-order valence-electron chi connectivity index (χ3n) is 1.59. The van der Waals surface area contributed by atoms with Gasteiger partial charge in [0.15, 0.2) is 6.10 Å². The van der Waals surface area contributed by atoms with Crippen LogP contribution in [-0.2, 0) is 9.47 Å². The van der Waals surface area contributed by atoms with Crippen LogP contribution in [-0.4, -0.2) is 18.6 Å². The second kappa shape index (κ2) is 3.55. The zero-order valence-corrected chi connectivity index (χ0v) is 6.38. The monoisotopic (exact) mass is 162 g/mol. The predicted octanol–water partition coefficient (Wildman–Crippen LogP) is 2.01. The van der Waals surface area contributed by atoms with E-state index in [0.717, 1.165) is 12.8 Å².